The van der Waals surface area contributed by atoms with Crippen molar-refractivity contribution in [2.24, 2.45) is 16.7 Å². The first-order valence-corrected chi connectivity index (χ1v) is 6.86. The van der Waals surface area contributed by atoms with Crippen LogP contribution in [-0.2, 0) is 14.3 Å². The lowest BCUT2D eigenvalue weighted by molar-refractivity contribution is -0.156. The minimum atomic E-state index is -0.939. The molecular weight excluding hydrogens is 252 g/mol. The fourth-order valence-electron chi connectivity index (χ4n) is 3.73. The van der Waals surface area contributed by atoms with Gasteiger partial charge in [0.15, 0.2) is 0 Å². The SMILES string of the molecule is C=CCC1CC=CC2(CC=C)C(=O)OC(=O)C12CC=C. The third-order valence-electron chi connectivity index (χ3n) is 4.61. The number of carbonyl (C=O) groups excluding carboxylic acids is 2. The van der Waals surface area contributed by atoms with Crippen molar-refractivity contribution in [1.82, 2.24) is 0 Å². The van der Waals surface area contributed by atoms with Gasteiger partial charge in [-0.05, 0) is 31.6 Å². The number of esters is 2. The Bertz CT molecular complexity index is 502. The summed E-state index contributed by atoms with van der Waals surface area (Å²) in [6.45, 7) is 11.3. The first-order chi connectivity index (χ1) is 9.59. The number of hydrogen-bond donors (Lipinski definition) is 0. The molecule has 1 heterocycles. The van der Waals surface area contributed by atoms with E-state index in [2.05, 4.69) is 19.7 Å². The normalized spacial score (nSPS) is 35.3. The largest absolute Gasteiger partial charge is 0.392 e. The molecule has 2 rings (SSSR count). The van der Waals surface area contributed by atoms with E-state index in [1.54, 1.807) is 18.2 Å². The molecule has 0 aromatic heterocycles. The van der Waals surface area contributed by atoms with Crippen LogP contribution in [0.25, 0.3) is 0 Å². The molecule has 3 atom stereocenters. The summed E-state index contributed by atoms with van der Waals surface area (Å²) in [5, 5.41) is 0. The van der Waals surface area contributed by atoms with E-state index >= 15 is 0 Å². The molecule has 0 radical (unpaired) electrons. The standard InChI is InChI=1S/C17H20O3/c1-4-8-13-9-7-12-16(10-5-2)14(18)20-15(19)17(13,16)11-6-3/h4-7,12-13H,1-3,8-11H2. The van der Waals surface area contributed by atoms with Gasteiger partial charge in [0.2, 0.25) is 0 Å². The van der Waals surface area contributed by atoms with Gasteiger partial charge in [0.25, 0.3) is 0 Å². The zero-order valence-electron chi connectivity index (χ0n) is 11.6. The van der Waals surface area contributed by atoms with E-state index in [1.807, 2.05) is 12.2 Å². The summed E-state index contributed by atoms with van der Waals surface area (Å²) in [6, 6.07) is 0. The van der Waals surface area contributed by atoms with Crippen LogP contribution in [0.4, 0.5) is 0 Å². The molecule has 1 saturated heterocycles. The summed E-state index contributed by atoms with van der Waals surface area (Å²) in [5.74, 6) is -0.892. The van der Waals surface area contributed by atoms with Crippen LogP contribution in [0.5, 0.6) is 0 Å². The maximum Gasteiger partial charge on any atom is 0.325 e. The highest BCUT2D eigenvalue weighted by Gasteiger charge is 2.69. The summed E-state index contributed by atoms with van der Waals surface area (Å²) < 4.78 is 5.04. The highest BCUT2D eigenvalue weighted by molar-refractivity contribution is 6.03. The average molecular weight is 272 g/mol. The summed E-state index contributed by atoms with van der Waals surface area (Å²) in [4.78, 5) is 24.9. The van der Waals surface area contributed by atoms with E-state index in [9.17, 15) is 9.59 Å². The number of cyclic esters (lactones) is 2. The first kappa shape index (κ1) is 14.5. The number of carbonyl (C=O) groups is 2. The second-order valence-corrected chi connectivity index (χ2v) is 5.46. The molecule has 0 saturated carbocycles. The number of rotatable bonds is 6. The Labute approximate surface area is 119 Å². The minimum absolute atomic E-state index is 0.00176. The number of ether oxygens (including phenoxy) is 1. The maximum atomic E-state index is 12.5. The van der Waals surface area contributed by atoms with Crippen molar-refractivity contribution in [1.29, 1.82) is 0 Å². The van der Waals surface area contributed by atoms with Crippen molar-refractivity contribution < 1.29 is 14.3 Å². The van der Waals surface area contributed by atoms with Crippen LogP contribution >= 0.6 is 0 Å². The molecule has 3 heteroatoms. The van der Waals surface area contributed by atoms with Gasteiger partial charge in [-0.2, -0.15) is 0 Å². The van der Waals surface area contributed by atoms with Gasteiger partial charge >= 0.3 is 11.9 Å². The van der Waals surface area contributed by atoms with Crippen molar-refractivity contribution in [2.75, 3.05) is 0 Å². The summed E-state index contributed by atoms with van der Waals surface area (Å²) >= 11 is 0. The van der Waals surface area contributed by atoms with Gasteiger partial charge in [-0.25, -0.2) is 0 Å². The Morgan fingerprint density at radius 1 is 1.15 bits per heavy atom. The predicted octanol–water partition coefficient (Wildman–Crippen LogP) is 3.35. The molecule has 106 valence electrons. The van der Waals surface area contributed by atoms with E-state index < -0.39 is 22.8 Å². The zero-order chi connectivity index (χ0) is 14.8. The third-order valence-corrected chi connectivity index (χ3v) is 4.61. The molecule has 0 aromatic rings. The molecule has 0 N–H and O–H groups in total. The third kappa shape index (κ3) is 1.65. The fraction of sp³-hybridized carbons (Fsp3) is 0.412. The lowest BCUT2D eigenvalue weighted by Crippen LogP contribution is -2.50. The molecule has 3 unspecified atom stereocenters. The van der Waals surface area contributed by atoms with Crippen LogP contribution in [-0.4, -0.2) is 11.9 Å². The molecule has 2 aliphatic rings. The number of allylic oxidation sites excluding steroid dienone is 4. The number of fused-ring (bicyclic) bond motifs is 1. The quantitative estimate of drug-likeness (QED) is 0.423. The number of hydrogen-bond acceptors (Lipinski definition) is 3. The Morgan fingerprint density at radius 2 is 1.85 bits per heavy atom. The van der Waals surface area contributed by atoms with E-state index in [1.165, 1.54) is 0 Å². The molecule has 1 aliphatic carbocycles. The molecule has 0 amide bonds. The Hall–Kier alpha value is -1.90. The molecule has 0 bridgehead atoms. The average Bonchev–Trinajstić information content (AvgIpc) is 2.62. The van der Waals surface area contributed by atoms with Crippen LogP contribution in [0.1, 0.15) is 25.7 Å². The van der Waals surface area contributed by atoms with Crippen molar-refractivity contribution in [2.45, 2.75) is 25.7 Å². The van der Waals surface area contributed by atoms with Gasteiger partial charge in [-0.3, -0.25) is 9.59 Å². The van der Waals surface area contributed by atoms with E-state index in [0.29, 0.717) is 19.3 Å². The summed E-state index contributed by atoms with van der Waals surface area (Å²) in [5.41, 5.74) is -1.81. The van der Waals surface area contributed by atoms with Gasteiger partial charge < -0.3 is 4.74 Å². The minimum Gasteiger partial charge on any atom is -0.392 e. The van der Waals surface area contributed by atoms with E-state index in [0.717, 1.165) is 6.42 Å². The summed E-state index contributed by atoms with van der Waals surface area (Å²) in [6.07, 6.45) is 11.2. The lowest BCUT2D eigenvalue weighted by atomic mass is 9.52. The van der Waals surface area contributed by atoms with Crippen LogP contribution < -0.4 is 0 Å². The van der Waals surface area contributed by atoms with Gasteiger partial charge in [0, 0.05) is 0 Å². The Kier molecular flexibility index (Phi) is 3.80. The molecule has 0 aromatic carbocycles. The van der Waals surface area contributed by atoms with Crippen molar-refractivity contribution in [3.05, 3.63) is 50.1 Å². The lowest BCUT2D eigenvalue weighted by Gasteiger charge is -2.45. The van der Waals surface area contributed by atoms with Gasteiger partial charge in [0.05, 0.1) is 5.41 Å². The highest BCUT2D eigenvalue weighted by atomic mass is 16.6. The molecule has 20 heavy (non-hydrogen) atoms. The van der Waals surface area contributed by atoms with Crippen LogP contribution in [0.15, 0.2) is 50.1 Å². The van der Waals surface area contributed by atoms with E-state index in [-0.39, 0.29) is 5.92 Å². The molecule has 1 fully saturated rings. The Morgan fingerprint density at radius 3 is 2.45 bits per heavy atom. The van der Waals surface area contributed by atoms with Crippen LogP contribution in [0.2, 0.25) is 0 Å². The molecule has 1 aliphatic heterocycles. The second-order valence-electron chi connectivity index (χ2n) is 5.46. The molecular formula is C17H20O3. The second kappa shape index (κ2) is 5.23. The predicted molar refractivity (Wildman–Crippen MR) is 77.7 cm³/mol. The molecule has 3 nitrogen and oxygen atoms in total. The topological polar surface area (TPSA) is 43.4 Å². The van der Waals surface area contributed by atoms with Crippen molar-refractivity contribution in [3.8, 4) is 0 Å². The van der Waals surface area contributed by atoms with Crippen LogP contribution in [0.3, 0.4) is 0 Å². The Balaban J connectivity index is 2.66. The van der Waals surface area contributed by atoms with Crippen molar-refractivity contribution >= 4 is 11.9 Å². The van der Waals surface area contributed by atoms with E-state index in [4.69, 9.17) is 4.74 Å². The summed E-state index contributed by atoms with van der Waals surface area (Å²) in [7, 11) is 0. The monoisotopic (exact) mass is 272 g/mol. The molecule has 0 spiro atoms. The fourth-order valence-corrected chi connectivity index (χ4v) is 3.73. The smallest absolute Gasteiger partial charge is 0.325 e. The zero-order valence-corrected chi connectivity index (χ0v) is 11.6. The first-order valence-electron chi connectivity index (χ1n) is 6.86. The van der Waals surface area contributed by atoms with Gasteiger partial charge in [-0.15, -0.1) is 19.7 Å². The van der Waals surface area contributed by atoms with Gasteiger partial charge in [-0.1, -0.05) is 30.4 Å². The van der Waals surface area contributed by atoms with Crippen LogP contribution in [0, 0.1) is 16.7 Å². The maximum absolute atomic E-state index is 12.5. The highest BCUT2D eigenvalue weighted by Crippen LogP contribution is 2.61. The van der Waals surface area contributed by atoms with Gasteiger partial charge in [0.1, 0.15) is 5.41 Å². The van der Waals surface area contributed by atoms with Crippen molar-refractivity contribution in [3.63, 3.8) is 0 Å².